The number of amides is 1. The number of ether oxygens (including phenoxy) is 1. The van der Waals surface area contributed by atoms with Crippen molar-refractivity contribution in [2.24, 2.45) is 12.0 Å². The molecule has 1 amide bonds. The summed E-state index contributed by atoms with van der Waals surface area (Å²) < 4.78 is 6.60. The number of anilines is 1. The van der Waals surface area contributed by atoms with Crippen molar-refractivity contribution in [2.45, 2.75) is 6.92 Å². The Balaban J connectivity index is 1.89. The Morgan fingerprint density at radius 1 is 1.31 bits per heavy atom. The zero-order valence-corrected chi connectivity index (χ0v) is 15.3. The maximum atomic E-state index is 12.9. The molecular formula is C18H18N4O3S. The zero-order chi connectivity index (χ0) is 18.5. The summed E-state index contributed by atoms with van der Waals surface area (Å²) in [6, 6.07) is 9.22. The first-order chi connectivity index (χ1) is 12.6. The lowest BCUT2D eigenvalue weighted by molar-refractivity contribution is -0.139. The number of benzene rings is 1. The fourth-order valence-electron chi connectivity index (χ4n) is 2.40. The fraction of sp³-hybridized carbons (Fsp3) is 0.222. The van der Waals surface area contributed by atoms with E-state index in [2.05, 4.69) is 10.1 Å². The van der Waals surface area contributed by atoms with Crippen LogP contribution in [0.25, 0.3) is 6.08 Å². The average molecular weight is 370 g/mol. The van der Waals surface area contributed by atoms with E-state index in [9.17, 15) is 9.59 Å². The molecule has 1 aliphatic heterocycles. The molecule has 26 heavy (non-hydrogen) atoms. The zero-order valence-electron chi connectivity index (χ0n) is 14.5. The molecule has 3 rings (SSSR count). The van der Waals surface area contributed by atoms with Crippen LogP contribution >= 0.6 is 11.8 Å². The molecule has 2 aromatic rings. The molecule has 0 radical (unpaired) electrons. The Bertz CT molecular complexity index is 874. The molecular weight excluding hydrogens is 352 g/mol. The van der Waals surface area contributed by atoms with Gasteiger partial charge in [-0.3, -0.25) is 19.2 Å². The van der Waals surface area contributed by atoms with Crippen molar-refractivity contribution in [3.05, 3.63) is 54.0 Å². The Hall–Kier alpha value is -2.87. The van der Waals surface area contributed by atoms with Crippen molar-refractivity contribution in [1.29, 1.82) is 0 Å². The molecule has 0 fully saturated rings. The lowest BCUT2D eigenvalue weighted by atomic mass is 10.2. The Kier molecular flexibility index (Phi) is 5.52. The second-order valence-corrected chi connectivity index (χ2v) is 6.38. The third kappa shape index (κ3) is 4.02. The van der Waals surface area contributed by atoms with Gasteiger partial charge in [0.2, 0.25) is 0 Å². The molecule has 134 valence electrons. The molecule has 0 saturated carbocycles. The van der Waals surface area contributed by atoms with Gasteiger partial charge in [-0.15, -0.1) is 0 Å². The molecule has 1 aromatic heterocycles. The number of aromatic nitrogens is 2. The first-order valence-corrected chi connectivity index (χ1v) is 9.04. The average Bonchev–Trinajstić information content (AvgIpc) is 3.18. The second-order valence-electron chi connectivity index (χ2n) is 5.44. The highest BCUT2D eigenvalue weighted by Gasteiger charge is 2.32. The molecule has 0 aliphatic carbocycles. The summed E-state index contributed by atoms with van der Waals surface area (Å²) in [5.74, 6) is -0.500. The molecule has 8 heteroatoms. The summed E-state index contributed by atoms with van der Waals surface area (Å²) in [6.45, 7) is 2.07. The monoisotopic (exact) mass is 370 g/mol. The summed E-state index contributed by atoms with van der Waals surface area (Å²) in [6.07, 6.45) is 5.14. The number of carbonyl (C=O) groups excluding carboxylic acids is 2. The van der Waals surface area contributed by atoms with Gasteiger partial charge in [0, 0.05) is 18.8 Å². The standard InChI is InChI=1S/C18H18N4O3S/c1-3-25-16(23)12-26-18-20-15(9-13-10-19-21(2)11-13)17(24)22(18)14-7-5-4-6-8-14/h4-11H,3,12H2,1-2H3. The van der Waals surface area contributed by atoms with Crippen molar-refractivity contribution >= 4 is 40.6 Å². The van der Waals surface area contributed by atoms with Gasteiger partial charge in [0.1, 0.15) is 5.70 Å². The minimum Gasteiger partial charge on any atom is -0.465 e. The third-order valence-electron chi connectivity index (χ3n) is 3.50. The largest absolute Gasteiger partial charge is 0.465 e. The van der Waals surface area contributed by atoms with Crippen molar-refractivity contribution in [1.82, 2.24) is 9.78 Å². The van der Waals surface area contributed by atoms with Crippen LogP contribution in [-0.4, -0.2) is 39.2 Å². The lowest BCUT2D eigenvalue weighted by Crippen LogP contribution is -2.30. The second kappa shape index (κ2) is 8.01. The van der Waals surface area contributed by atoms with Gasteiger partial charge in [-0.25, -0.2) is 4.99 Å². The van der Waals surface area contributed by atoms with Gasteiger partial charge in [-0.1, -0.05) is 30.0 Å². The van der Waals surface area contributed by atoms with Crippen LogP contribution in [0.2, 0.25) is 0 Å². The summed E-state index contributed by atoms with van der Waals surface area (Å²) in [4.78, 5) is 30.5. The van der Waals surface area contributed by atoms with E-state index in [1.807, 2.05) is 30.3 Å². The number of hydrogen-bond acceptors (Lipinski definition) is 6. The Morgan fingerprint density at radius 3 is 2.73 bits per heavy atom. The van der Waals surface area contributed by atoms with E-state index in [0.717, 1.165) is 5.56 Å². The quantitative estimate of drug-likeness (QED) is 0.597. The van der Waals surface area contributed by atoms with Crippen LogP contribution in [0.15, 0.2) is 53.4 Å². The van der Waals surface area contributed by atoms with Gasteiger partial charge < -0.3 is 4.74 Å². The molecule has 1 aliphatic rings. The van der Waals surface area contributed by atoms with E-state index in [4.69, 9.17) is 4.74 Å². The van der Waals surface area contributed by atoms with E-state index in [1.165, 1.54) is 16.7 Å². The fourth-order valence-corrected chi connectivity index (χ4v) is 3.21. The summed E-state index contributed by atoms with van der Waals surface area (Å²) in [5, 5.41) is 4.54. The number of amidine groups is 1. The van der Waals surface area contributed by atoms with E-state index in [-0.39, 0.29) is 17.6 Å². The number of rotatable bonds is 5. The molecule has 2 heterocycles. The van der Waals surface area contributed by atoms with E-state index >= 15 is 0 Å². The maximum absolute atomic E-state index is 12.9. The van der Waals surface area contributed by atoms with Gasteiger partial charge in [0.25, 0.3) is 5.91 Å². The predicted molar refractivity (Wildman–Crippen MR) is 102 cm³/mol. The number of aliphatic imine (C=N–C) groups is 1. The molecule has 0 unspecified atom stereocenters. The van der Waals surface area contributed by atoms with Gasteiger partial charge in [0.05, 0.1) is 24.2 Å². The number of aryl methyl sites for hydroxylation is 1. The molecule has 0 saturated heterocycles. The van der Waals surface area contributed by atoms with Crippen molar-refractivity contribution in [3.8, 4) is 0 Å². The smallest absolute Gasteiger partial charge is 0.316 e. The van der Waals surface area contributed by atoms with Crippen LogP contribution < -0.4 is 4.90 Å². The number of hydrogen-bond donors (Lipinski definition) is 0. The lowest BCUT2D eigenvalue weighted by Gasteiger charge is -2.17. The first kappa shape index (κ1) is 17.9. The van der Waals surface area contributed by atoms with Gasteiger partial charge in [-0.2, -0.15) is 5.10 Å². The van der Waals surface area contributed by atoms with Crippen molar-refractivity contribution in [2.75, 3.05) is 17.3 Å². The summed E-state index contributed by atoms with van der Waals surface area (Å²) >= 11 is 1.18. The van der Waals surface area contributed by atoms with E-state index in [0.29, 0.717) is 23.2 Å². The van der Waals surface area contributed by atoms with Crippen LogP contribution in [0.1, 0.15) is 12.5 Å². The highest BCUT2D eigenvalue weighted by Crippen LogP contribution is 2.29. The maximum Gasteiger partial charge on any atom is 0.316 e. The normalized spacial score (nSPS) is 15.5. The summed E-state index contributed by atoms with van der Waals surface area (Å²) in [5.41, 5.74) is 1.78. The van der Waals surface area contributed by atoms with Gasteiger partial charge >= 0.3 is 5.97 Å². The van der Waals surface area contributed by atoms with Crippen molar-refractivity contribution < 1.29 is 14.3 Å². The van der Waals surface area contributed by atoms with Crippen LogP contribution in [0.5, 0.6) is 0 Å². The Labute approximate surface area is 155 Å². The molecule has 7 nitrogen and oxygen atoms in total. The first-order valence-electron chi connectivity index (χ1n) is 8.05. The molecule has 1 aromatic carbocycles. The number of esters is 1. The molecule has 0 N–H and O–H groups in total. The SMILES string of the molecule is CCOC(=O)CSC1=NC(=Cc2cnn(C)c2)C(=O)N1c1ccccc1. The highest BCUT2D eigenvalue weighted by atomic mass is 32.2. The van der Waals surface area contributed by atoms with Crippen LogP contribution in [0, 0.1) is 0 Å². The van der Waals surface area contributed by atoms with Crippen LogP contribution in [0.3, 0.4) is 0 Å². The molecule has 0 atom stereocenters. The number of carbonyl (C=O) groups is 2. The number of para-hydroxylation sites is 1. The summed E-state index contributed by atoms with van der Waals surface area (Å²) in [7, 11) is 1.80. The molecule has 0 spiro atoms. The molecule has 0 bridgehead atoms. The van der Waals surface area contributed by atoms with Gasteiger partial charge in [0.15, 0.2) is 5.17 Å². The van der Waals surface area contributed by atoms with Crippen LogP contribution in [0.4, 0.5) is 5.69 Å². The van der Waals surface area contributed by atoms with E-state index < -0.39 is 0 Å². The third-order valence-corrected chi connectivity index (χ3v) is 4.41. The number of thioether (sulfide) groups is 1. The van der Waals surface area contributed by atoms with Crippen LogP contribution in [-0.2, 0) is 21.4 Å². The van der Waals surface area contributed by atoms with Gasteiger partial charge in [-0.05, 0) is 25.1 Å². The van der Waals surface area contributed by atoms with Crippen molar-refractivity contribution in [3.63, 3.8) is 0 Å². The topological polar surface area (TPSA) is 76.8 Å². The van der Waals surface area contributed by atoms with E-state index in [1.54, 1.807) is 37.1 Å². The minimum atomic E-state index is -0.342. The number of nitrogens with zero attached hydrogens (tertiary/aromatic N) is 4. The minimum absolute atomic E-state index is 0.0868. The predicted octanol–water partition coefficient (Wildman–Crippen LogP) is 2.46. The highest BCUT2D eigenvalue weighted by molar-refractivity contribution is 8.14. The Morgan fingerprint density at radius 2 is 2.08 bits per heavy atom.